The predicted octanol–water partition coefficient (Wildman–Crippen LogP) is 6.72. The minimum Gasteiger partial charge on any atom is -0.489 e. The van der Waals surface area contributed by atoms with E-state index in [2.05, 4.69) is 31.2 Å². The zero-order chi connectivity index (χ0) is 16.9. The van der Waals surface area contributed by atoms with Gasteiger partial charge in [-0.2, -0.15) is 0 Å². The molecule has 3 aromatic carbocycles. The summed E-state index contributed by atoms with van der Waals surface area (Å²) in [6.45, 7) is 2.71. The highest BCUT2D eigenvalue weighted by molar-refractivity contribution is 6.42. The Bertz CT molecular complexity index is 815. The maximum Gasteiger partial charge on any atom is 0.120 e. The Kier molecular flexibility index (Phi) is 5.44. The molecule has 24 heavy (non-hydrogen) atoms. The molecule has 0 aliphatic heterocycles. The molecule has 3 rings (SSSR count). The lowest BCUT2D eigenvalue weighted by Gasteiger charge is -2.15. The lowest BCUT2D eigenvalue weighted by molar-refractivity contribution is 0.306. The van der Waals surface area contributed by atoms with Crippen molar-refractivity contribution < 1.29 is 4.74 Å². The van der Waals surface area contributed by atoms with Crippen LogP contribution in [0.1, 0.15) is 29.5 Å². The van der Waals surface area contributed by atoms with E-state index in [1.165, 1.54) is 5.56 Å². The van der Waals surface area contributed by atoms with Crippen molar-refractivity contribution in [3.8, 4) is 5.75 Å². The van der Waals surface area contributed by atoms with Gasteiger partial charge < -0.3 is 4.74 Å². The van der Waals surface area contributed by atoms with Crippen molar-refractivity contribution in [3.63, 3.8) is 0 Å². The van der Waals surface area contributed by atoms with Gasteiger partial charge >= 0.3 is 0 Å². The summed E-state index contributed by atoms with van der Waals surface area (Å²) in [6.07, 6.45) is 0. The van der Waals surface area contributed by atoms with E-state index >= 15 is 0 Å². The molecule has 0 bridgehead atoms. The lowest BCUT2D eigenvalue weighted by atomic mass is 9.93. The highest BCUT2D eigenvalue weighted by Gasteiger charge is 2.11. The Morgan fingerprint density at radius 2 is 1.54 bits per heavy atom. The zero-order valence-corrected chi connectivity index (χ0v) is 14.9. The number of hydrogen-bond acceptors (Lipinski definition) is 1. The molecule has 0 aliphatic rings. The first-order valence-corrected chi connectivity index (χ1v) is 8.61. The van der Waals surface area contributed by atoms with E-state index in [1.807, 2.05) is 48.5 Å². The quantitative estimate of drug-likeness (QED) is 0.492. The SMILES string of the molecule is CC(c1cccc(OCc2ccccc2)c1)c1ccc(Cl)c(Cl)c1. The minimum absolute atomic E-state index is 0.208. The molecule has 0 amide bonds. The summed E-state index contributed by atoms with van der Waals surface area (Å²) in [5.74, 6) is 1.07. The van der Waals surface area contributed by atoms with Crippen LogP contribution in [0.15, 0.2) is 72.8 Å². The Hall–Kier alpha value is -1.96. The molecule has 0 heterocycles. The van der Waals surface area contributed by atoms with Crippen LogP contribution in [0.5, 0.6) is 5.75 Å². The first-order valence-electron chi connectivity index (χ1n) is 7.85. The third-order valence-electron chi connectivity index (χ3n) is 4.05. The fraction of sp³-hybridized carbons (Fsp3) is 0.143. The molecule has 3 aromatic rings. The predicted molar refractivity (Wildman–Crippen MR) is 101 cm³/mol. The average Bonchev–Trinajstić information content (AvgIpc) is 2.63. The summed E-state index contributed by atoms with van der Waals surface area (Å²) in [7, 11) is 0. The number of ether oxygens (including phenoxy) is 1. The van der Waals surface area contributed by atoms with Gasteiger partial charge in [-0.05, 0) is 41.0 Å². The Morgan fingerprint density at radius 1 is 0.792 bits per heavy atom. The van der Waals surface area contributed by atoms with Crippen molar-refractivity contribution in [2.75, 3.05) is 0 Å². The molecule has 0 fully saturated rings. The van der Waals surface area contributed by atoms with Crippen molar-refractivity contribution in [1.82, 2.24) is 0 Å². The largest absolute Gasteiger partial charge is 0.489 e. The van der Waals surface area contributed by atoms with Gasteiger partial charge in [-0.3, -0.25) is 0 Å². The van der Waals surface area contributed by atoms with E-state index in [9.17, 15) is 0 Å². The van der Waals surface area contributed by atoms with Crippen LogP contribution in [-0.4, -0.2) is 0 Å². The van der Waals surface area contributed by atoms with Crippen molar-refractivity contribution in [2.24, 2.45) is 0 Å². The molecule has 1 unspecified atom stereocenters. The van der Waals surface area contributed by atoms with Gasteiger partial charge in [-0.15, -0.1) is 0 Å². The molecular formula is C21H18Cl2O. The molecule has 0 saturated carbocycles. The minimum atomic E-state index is 0.208. The molecule has 0 aliphatic carbocycles. The van der Waals surface area contributed by atoms with Crippen LogP contribution in [0.25, 0.3) is 0 Å². The molecule has 0 saturated heterocycles. The van der Waals surface area contributed by atoms with Gasteiger partial charge in [0.25, 0.3) is 0 Å². The van der Waals surface area contributed by atoms with Gasteiger partial charge in [-0.25, -0.2) is 0 Å². The van der Waals surface area contributed by atoms with E-state index in [0.717, 1.165) is 16.9 Å². The van der Waals surface area contributed by atoms with Crippen molar-refractivity contribution in [3.05, 3.63) is 99.5 Å². The fourth-order valence-electron chi connectivity index (χ4n) is 2.59. The summed E-state index contributed by atoms with van der Waals surface area (Å²) in [5, 5.41) is 1.16. The Labute approximate surface area is 152 Å². The van der Waals surface area contributed by atoms with Crippen LogP contribution in [0.2, 0.25) is 10.0 Å². The van der Waals surface area contributed by atoms with Gasteiger partial charge in [0.2, 0.25) is 0 Å². The van der Waals surface area contributed by atoms with E-state index in [-0.39, 0.29) is 5.92 Å². The van der Waals surface area contributed by atoms with E-state index in [0.29, 0.717) is 16.7 Å². The molecule has 0 aromatic heterocycles. The van der Waals surface area contributed by atoms with Crippen LogP contribution in [-0.2, 0) is 6.61 Å². The van der Waals surface area contributed by atoms with Crippen LogP contribution in [0.4, 0.5) is 0 Å². The van der Waals surface area contributed by atoms with Crippen LogP contribution < -0.4 is 4.74 Å². The van der Waals surface area contributed by atoms with Gasteiger partial charge in [0.1, 0.15) is 12.4 Å². The average molecular weight is 357 g/mol. The van der Waals surface area contributed by atoms with Gasteiger partial charge in [-0.1, -0.05) is 78.7 Å². The fourth-order valence-corrected chi connectivity index (χ4v) is 2.90. The number of hydrogen-bond donors (Lipinski definition) is 0. The highest BCUT2D eigenvalue weighted by atomic mass is 35.5. The summed E-state index contributed by atoms with van der Waals surface area (Å²) in [4.78, 5) is 0. The molecule has 1 nitrogen and oxygen atoms in total. The molecule has 0 radical (unpaired) electrons. The van der Waals surface area contributed by atoms with Crippen molar-refractivity contribution in [1.29, 1.82) is 0 Å². The van der Waals surface area contributed by atoms with E-state index in [4.69, 9.17) is 27.9 Å². The Morgan fingerprint density at radius 3 is 2.29 bits per heavy atom. The maximum atomic E-state index is 6.14. The molecule has 122 valence electrons. The lowest BCUT2D eigenvalue weighted by Crippen LogP contribution is -1.99. The number of rotatable bonds is 5. The van der Waals surface area contributed by atoms with Crippen molar-refractivity contribution in [2.45, 2.75) is 19.4 Å². The number of halogens is 2. The molecule has 1 atom stereocenters. The third-order valence-corrected chi connectivity index (χ3v) is 4.79. The van der Waals surface area contributed by atoms with Gasteiger partial charge in [0, 0.05) is 5.92 Å². The maximum absolute atomic E-state index is 6.14. The third kappa shape index (κ3) is 4.11. The van der Waals surface area contributed by atoms with Gasteiger partial charge in [0.15, 0.2) is 0 Å². The van der Waals surface area contributed by atoms with Crippen LogP contribution >= 0.6 is 23.2 Å². The molecule has 0 spiro atoms. The van der Waals surface area contributed by atoms with E-state index in [1.54, 1.807) is 0 Å². The van der Waals surface area contributed by atoms with Gasteiger partial charge in [0.05, 0.1) is 10.0 Å². The first-order chi connectivity index (χ1) is 11.6. The zero-order valence-electron chi connectivity index (χ0n) is 13.4. The molecular weight excluding hydrogens is 339 g/mol. The molecule has 3 heteroatoms. The summed E-state index contributed by atoms with van der Waals surface area (Å²) in [6, 6.07) is 24.1. The second-order valence-corrected chi connectivity index (χ2v) is 6.56. The van der Waals surface area contributed by atoms with Crippen LogP contribution in [0, 0.1) is 0 Å². The standard InChI is InChI=1S/C21H18Cl2O/c1-15(18-10-11-20(22)21(23)13-18)17-8-5-9-19(12-17)24-14-16-6-3-2-4-7-16/h2-13,15H,14H2,1H3. The van der Waals surface area contributed by atoms with Crippen LogP contribution in [0.3, 0.4) is 0 Å². The van der Waals surface area contributed by atoms with Crippen molar-refractivity contribution >= 4 is 23.2 Å². The topological polar surface area (TPSA) is 9.23 Å². The smallest absolute Gasteiger partial charge is 0.120 e. The normalized spacial score (nSPS) is 12.0. The highest BCUT2D eigenvalue weighted by Crippen LogP contribution is 2.31. The van der Waals surface area contributed by atoms with E-state index < -0.39 is 0 Å². The monoisotopic (exact) mass is 356 g/mol. The first kappa shape index (κ1) is 16.9. The second kappa shape index (κ2) is 7.74. The summed E-state index contributed by atoms with van der Waals surface area (Å²) < 4.78 is 5.91. The second-order valence-electron chi connectivity index (χ2n) is 5.74. The summed E-state index contributed by atoms with van der Waals surface area (Å²) in [5.41, 5.74) is 3.46. The Balaban J connectivity index is 1.75. The summed E-state index contributed by atoms with van der Waals surface area (Å²) >= 11 is 12.1. The number of benzene rings is 3. The molecule has 0 N–H and O–H groups in total.